The molecule has 0 bridgehead atoms. The van der Waals surface area contributed by atoms with E-state index >= 15 is 0 Å². The zero-order valence-corrected chi connectivity index (χ0v) is 12.5. The average molecular weight is 282 g/mol. The van der Waals surface area contributed by atoms with Crippen LogP contribution < -0.4 is 10.0 Å². The number of hydrogen-bond acceptors (Lipinski definition) is 3. The standard InChI is InChI=1S/C14H22N2O2S/c1-4-5-6-11-15-13-7-9-14(10-8-13)19(17,18)16-12(2)3/h4-5,7-10,12,15-16H,6,11H2,1-3H3/b5-4+. The van der Waals surface area contributed by atoms with Crippen molar-refractivity contribution in [2.75, 3.05) is 11.9 Å². The Morgan fingerprint density at radius 3 is 2.37 bits per heavy atom. The first-order chi connectivity index (χ1) is 8.95. The van der Waals surface area contributed by atoms with Crippen molar-refractivity contribution in [3.8, 4) is 0 Å². The molecular weight excluding hydrogens is 260 g/mol. The smallest absolute Gasteiger partial charge is 0.240 e. The molecule has 2 N–H and O–H groups in total. The minimum Gasteiger partial charge on any atom is -0.385 e. The van der Waals surface area contributed by atoms with E-state index in [-0.39, 0.29) is 6.04 Å². The van der Waals surface area contributed by atoms with E-state index in [0.717, 1.165) is 18.7 Å². The van der Waals surface area contributed by atoms with Crippen LogP contribution in [0, 0.1) is 0 Å². The van der Waals surface area contributed by atoms with Gasteiger partial charge in [-0.05, 0) is 51.5 Å². The van der Waals surface area contributed by atoms with Gasteiger partial charge in [-0.1, -0.05) is 12.2 Å². The molecule has 106 valence electrons. The SMILES string of the molecule is C/C=C/CCNc1ccc(S(=O)(=O)NC(C)C)cc1. The lowest BCUT2D eigenvalue weighted by molar-refractivity contribution is 0.570. The van der Waals surface area contributed by atoms with E-state index < -0.39 is 10.0 Å². The van der Waals surface area contributed by atoms with E-state index in [9.17, 15) is 8.42 Å². The fourth-order valence-corrected chi connectivity index (χ4v) is 2.85. The summed E-state index contributed by atoms with van der Waals surface area (Å²) in [6, 6.07) is 6.68. The molecule has 0 atom stereocenters. The van der Waals surface area contributed by atoms with Crippen molar-refractivity contribution in [1.82, 2.24) is 4.72 Å². The molecule has 0 spiro atoms. The van der Waals surface area contributed by atoms with Crippen LogP contribution in [0.5, 0.6) is 0 Å². The van der Waals surface area contributed by atoms with Crippen LogP contribution in [-0.4, -0.2) is 21.0 Å². The van der Waals surface area contributed by atoms with Crippen molar-refractivity contribution in [3.05, 3.63) is 36.4 Å². The number of nitrogens with one attached hydrogen (secondary N) is 2. The Balaban J connectivity index is 2.66. The monoisotopic (exact) mass is 282 g/mol. The lowest BCUT2D eigenvalue weighted by Gasteiger charge is -2.10. The Bertz CT molecular complexity index is 505. The van der Waals surface area contributed by atoms with Crippen molar-refractivity contribution >= 4 is 15.7 Å². The van der Waals surface area contributed by atoms with Crippen molar-refractivity contribution in [1.29, 1.82) is 0 Å². The first-order valence-electron chi connectivity index (χ1n) is 6.43. The highest BCUT2D eigenvalue weighted by atomic mass is 32.2. The molecule has 0 fully saturated rings. The van der Waals surface area contributed by atoms with E-state index in [1.807, 2.05) is 13.0 Å². The lowest BCUT2D eigenvalue weighted by atomic mass is 10.3. The van der Waals surface area contributed by atoms with Crippen LogP contribution >= 0.6 is 0 Å². The molecule has 0 saturated heterocycles. The zero-order chi connectivity index (χ0) is 14.3. The fourth-order valence-electron chi connectivity index (χ4n) is 1.60. The topological polar surface area (TPSA) is 58.2 Å². The molecule has 19 heavy (non-hydrogen) atoms. The molecular formula is C14H22N2O2S. The van der Waals surface area contributed by atoms with E-state index in [4.69, 9.17) is 0 Å². The minimum absolute atomic E-state index is 0.108. The quantitative estimate of drug-likeness (QED) is 0.597. The van der Waals surface area contributed by atoms with Crippen LogP contribution in [0.3, 0.4) is 0 Å². The van der Waals surface area contributed by atoms with E-state index in [2.05, 4.69) is 16.1 Å². The molecule has 1 aromatic carbocycles. The van der Waals surface area contributed by atoms with Gasteiger partial charge in [-0.3, -0.25) is 0 Å². The lowest BCUT2D eigenvalue weighted by Crippen LogP contribution is -2.30. The molecule has 4 nitrogen and oxygen atoms in total. The third-order valence-corrected chi connectivity index (χ3v) is 4.11. The van der Waals surface area contributed by atoms with Crippen LogP contribution in [0.15, 0.2) is 41.3 Å². The third kappa shape index (κ3) is 5.44. The summed E-state index contributed by atoms with van der Waals surface area (Å²) in [6.45, 7) is 6.42. The van der Waals surface area contributed by atoms with Crippen molar-refractivity contribution in [3.63, 3.8) is 0 Å². The summed E-state index contributed by atoms with van der Waals surface area (Å²) in [5.41, 5.74) is 0.924. The Labute approximate surface area is 116 Å². The van der Waals surface area contributed by atoms with Crippen LogP contribution in [0.4, 0.5) is 5.69 Å². The second-order valence-corrected chi connectivity index (χ2v) is 6.30. The number of sulfonamides is 1. The van der Waals surface area contributed by atoms with Gasteiger partial charge in [0.05, 0.1) is 4.90 Å². The zero-order valence-electron chi connectivity index (χ0n) is 11.7. The van der Waals surface area contributed by atoms with E-state index in [1.165, 1.54) is 0 Å². The summed E-state index contributed by atoms with van der Waals surface area (Å²) < 4.78 is 26.4. The summed E-state index contributed by atoms with van der Waals surface area (Å²) in [5.74, 6) is 0. The highest BCUT2D eigenvalue weighted by Gasteiger charge is 2.14. The summed E-state index contributed by atoms with van der Waals surface area (Å²) >= 11 is 0. The molecule has 0 aliphatic rings. The van der Waals surface area contributed by atoms with E-state index in [1.54, 1.807) is 38.1 Å². The van der Waals surface area contributed by atoms with Crippen molar-refractivity contribution < 1.29 is 8.42 Å². The summed E-state index contributed by atoms with van der Waals surface area (Å²) in [4.78, 5) is 0.292. The highest BCUT2D eigenvalue weighted by Crippen LogP contribution is 2.14. The van der Waals surface area contributed by atoms with Crippen LogP contribution in [0.1, 0.15) is 27.2 Å². The van der Waals surface area contributed by atoms with Gasteiger partial charge in [0.25, 0.3) is 0 Å². The molecule has 1 aromatic rings. The first kappa shape index (κ1) is 15.7. The second-order valence-electron chi connectivity index (χ2n) is 4.58. The average Bonchev–Trinajstić information content (AvgIpc) is 2.34. The summed E-state index contributed by atoms with van der Waals surface area (Å²) in [6.07, 6.45) is 5.04. The highest BCUT2D eigenvalue weighted by molar-refractivity contribution is 7.89. The molecule has 5 heteroatoms. The number of benzene rings is 1. The third-order valence-electron chi connectivity index (χ3n) is 2.43. The van der Waals surface area contributed by atoms with Gasteiger partial charge in [-0.2, -0.15) is 0 Å². The van der Waals surface area contributed by atoms with Crippen molar-refractivity contribution in [2.24, 2.45) is 0 Å². The molecule has 0 unspecified atom stereocenters. The van der Waals surface area contributed by atoms with Crippen molar-refractivity contribution in [2.45, 2.75) is 38.1 Å². The van der Waals surface area contributed by atoms with Gasteiger partial charge in [-0.15, -0.1) is 0 Å². The second kappa shape index (κ2) is 7.31. The fraction of sp³-hybridized carbons (Fsp3) is 0.429. The van der Waals surface area contributed by atoms with Gasteiger partial charge < -0.3 is 5.32 Å². The number of rotatable bonds is 7. The Morgan fingerprint density at radius 1 is 1.21 bits per heavy atom. The predicted octanol–water partition coefficient (Wildman–Crippen LogP) is 2.75. The van der Waals surface area contributed by atoms with Gasteiger partial charge in [-0.25, -0.2) is 13.1 Å². The maximum atomic E-state index is 11.9. The van der Waals surface area contributed by atoms with Gasteiger partial charge in [0, 0.05) is 18.3 Å². The number of allylic oxidation sites excluding steroid dienone is 1. The van der Waals surface area contributed by atoms with Gasteiger partial charge in [0.15, 0.2) is 0 Å². The van der Waals surface area contributed by atoms with Crippen LogP contribution in [-0.2, 0) is 10.0 Å². The molecule has 0 aliphatic carbocycles. The van der Waals surface area contributed by atoms with Crippen LogP contribution in [0.2, 0.25) is 0 Å². The largest absolute Gasteiger partial charge is 0.385 e. The molecule has 0 aliphatic heterocycles. The number of hydrogen-bond donors (Lipinski definition) is 2. The maximum absolute atomic E-state index is 11.9. The summed E-state index contributed by atoms with van der Waals surface area (Å²) in [5, 5.41) is 3.23. The number of anilines is 1. The first-order valence-corrected chi connectivity index (χ1v) is 7.91. The Morgan fingerprint density at radius 2 is 1.84 bits per heavy atom. The van der Waals surface area contributed by atoms with Gasteiger partial charge in [0.1, 0.15) is 0 Å². The molecule has 0 heterocycles. The summed E-state index contributed by atoms with van der Waals surface area (Å²) in [7, 11) is -3.39. The molecule has 0 radical (unpaired) electrons. The van der Waals surface area contributed by atoms with Crippen LogP contribution in [0.25, 0.3) is 0 Å². The maximum Gasteiger partial charge on any atom is 0.240 e. The Hall–Kier alpha value is -1.33. The van der Waals surface area contributed by atoms with Gasteiger partial charge >= 0.3 is 0 Å². The van der Waals surface area contributed by atoms with E-state index in [0.29, 0.717) is 4.90 Å². The molecule has 1 rings (SSSR count). The van der Waals surface area contributed by atoms with Gasteiger partial charge in [0.2, 0.25) is 10.0 Å². The normalized spacial score (nSPS) is 12.2. The molecule has 0 saturated carbocycles. The molecule has 0 amide bonds. The minimum atomic E-state index is -3.39. The Kier molecular flexibility index (Phi) is 6.05. The predicted molar refractivity (Wildman–Crippen MR) is 79.8 cm³/mol. The molecule has 0 aromatic heterocycles.